The van der Waals surface area contributed by atoms with Crippen molar-refractivity contribution in [2.24, 2.45) is 5.73 Å². The molecule has 0 aliphatic carbocycles. The van der Waals surface area contributed by atoms with Crippen molar-refractivity contribution in [3.05, 3.63) is 29.8 Å². The fourth-order valence-corrected chi connectivity index (χ4v) is 2.81. The molecule has 1 aliphatic heterocycles. The molecule has 2 N–H and O–H groups in total. The Morgan fingerprint density at radius 3 is 2.61 bits per heavy atom. The van der Waals surface area contributed by atoms with Crippen molar-refractivity contribution in [2.75, 3.05) is 19.7 Å². The largest absolute Gasteiger partial charge is 0.494 e. The molecular weight excluding hydrogens is 224 g/mol. The summed E-state index contributed by atoms with van der Waals surface area (Å²) in [4.78, 5) is 2.50. The van der Waals surface area contributed by atoms with Crippen LogP contribution in [0.5, 0.6) is 5.75 Å². The van der Waals surface area contributed by atoms with Gasteiger partial charge in [-0.3, -0.25) is 4.90 Å². The third-order valence-electron chi connectivity index (χ3n) is 3.59. The molecule has 1 fully saturated rings. The molecule has 2 unspecified atom stereocenters. The highest BCUT2D eigenvalue weighted by Crippen LogP contribution is 2.32. The first kappa shape index (κ1) is 13.4. The molecule has 100 valence electrons. The number of hydrogen-bond acceptors (Lipinski definition) is 3. The predicted molar refractivity (Wildman–Crippen MR) is 74.8 cm³/mol. The third-order valence-corrected chi connectivity index (χ3v) is 3.59. The van der Waals surface area contributed by atoms with Gasteiger partial charge in [-0.1, -0.05) is 19.1 Å². The Kier molecular flexibility index (Phi) is 4.61. The van der Waals surface area contributed by atoms with Crippen molar-refractivity contribution in [3.63, 3.8) is 0 Å². The topological polar surface area (TPSA) is 38.5 Å². The van der Waals surface area contributed by atoms with Crippen LogP contribution in [0, 0.1) is 0 Å². The van der Waals surface area contributed by atoms with Crippen LogP contribution in [0.3, 0.4) is 0 Å². The summed E-state index contributed by atoms with van der Waals surface area (Å²) >= 11 is 0. The molecule has 0 aromatic heterocycles. The number of nitrogens with zero attached hydrogens (tertiary/aromatic N) is 1. The molecule has 1 aromatic rings. The average molecular weight is 248 g/mol. The van der Waals surface area contributed by atoms with E-state index in [1.807, 2.05) is 19.1 Å². The van der Waals surface area contributed by atoms with Gasteiger partial charge in [-0.15, -0.1) is 0 Å². The Morgan fingerprint density at radius 2 is 2.00 bits per heavy atom. The first-order valence-corrected chi connectivity index (χ1v) is 6.98. The highest BCUT2D eigenvalue weighted by atomic mass is 16.5. The molecule has 3 heteroatoms. The van der Waals surface area contributed by atoms with E-state index in [2.05, 4.69) is 24.0 Å². The van der Waals surface area contributed by atoms with Gasteiger partial charge in [-0.05, 0) is 44.0 Å². The molecule has 1 heterocycles. The maximum absolute atomic E-state index is 6.26. The van der Waals surface area contributed by atoms with Crippen LogP contribution in [0.25, 0.3) is 0 Å². The van der Waals surface area contributed by atoms with E-state index < -0.39 is 0 Å². The molecule has 0 saturated carbocycles. The average Bonchev–Trinajstić information content (AvgIpc) is 2.73. The normalized spacial score (nSPS) is 24.4. The first-order chi connectivity index (χ1) is 8.76. The second-order valence-electron chi connectivity index (χ2n) is 4.94. The molecule has 1 aromatic carbocycles. The smallest absolute Gasteiger partial charge is 0.119 e. The van der Waals surface area contributed by atoms with Gasteiger partial charge in [0, 0.05) is 18.6 Å². The fourth-order valence-electron chi connectivity index (χ4n) is 2.81. The van der Waals surface area contributed by atoms with E-state index in [-0.39, 0.29) is 6.04 Å². The van der Waals surface area contributed by atoms with Crippen LogP contribution >= 0.6 is 0 Å². The van der Waals surface area contributed by atoms with Crippen molar-refractivity contribution in [3.8, 4) is 5.75 Å². The van der Waals surface area contributed by atoms with Crippen LogP contribution in [0.4, 0.5) is 0 Å². The maximum atomic E-state index is 6.26. The number of benzene rings is 1. The van der Waals surface area contributed by atoms with Gasteiger partial charge in [-0.25, -0.2) is 0 Å². The highest BCUT2D eigenvalue weighted by molar-refractivity contribution is 5.30. The number of ether oxygens (including phenoxy) is 1. The van der Waals surface area contributed by atoms with E-state index in [1.165, 1.54) is 12.0 Å². The van der Waals surface area contributed by atoms with E-state index >= 15 is 0 Å². The summed E-state index contributed by atoms with van der Waals surface area (Å²) in [5.41, 5.74) is 7.57. The molecule has 0 amide bonds. The summed E-state index contributed by atoms with van der Waals surface area (Å²) in [5, 5.41) is 0. The monoisotopic (exact) mass is 248 g/mol. The van der Waals surface area contributed by atoms with Gasteiger partial charge < -0.3 is 10.5 Å². The molecule has 0 spiro atoms. The first-order valence-electron chi connectivity index (χ1n) is 6.98. The van der Waals surface area contributed by atoms with Crippen LogP contribution in [-0.4, -0.2) is 30.6 Å². The predicted octanol–water partition coefficient (Wildman–Crippen LogP) is 2.57. The van der Waals surface area contributed by atoms with E-state index in [9.17, 15) is 0 Å². The molecule has 0 radical (unpaired) electrons. The van der Waals surface area contributed by atoms with Gasteiger partial charge in [-0.2, -0.15) is 0 Å². The molecule has 2 rings (SSSR count). The zero-order chi connectivity index (χ0) is 13.0. The zero-order valence-corrected chi connectivity index (χ0v) is 11.4. The minimum Gasteiger partial charge on any atom is -0.494 e. The van der Waals surface area contributed by atoms with Crippen molar-refractivity contribution in [2.45, 2.75) is 38.8 Å². The van der Waals surface area contributed by atoms with Crippen molar-refractivity contribution in [1.82, 2.24) is 4.90 Å². The van der Waals surface area contributed by atoms with E-state index in [1.54, 1.807) is 0 Å². The standard InChI is InChI=1S/C15H24N2O/c1-3-10-17-11-9-14(16)15(17)12-5-7-13(8-6-12)18-4-2/h5-8,14-15H,3-4,9-11,16H2,1-2H3. The SMILES string of the molecule is CCCN1CCC(N)C1c1ccc(OCC)cc1. The maximum Gasteiger partial charge on any atom is 0.119 e. The number of likely N-dealkylation sites (tertiary alicyclic amines) is 1. The Hall–Kier alpha value is -1.06. The van der Waals surface area contributed by atoms with Gasteiger partial charge in [0.15, 0.2) is 0 Å². The summed E-state index contributed by atoms with van der Waals surface area (Å²) in [6, 6.07) is 9.05. The lowest BCUT2D eigenvalue weighted by Crippen LogP contribution is -2.32. The summed E-state index contributed by atoms with van der Waals surface area (Å²) in [6.45, 7) is 7.19. The van der Waals surface area contributed by atoms with E-state index in [0.717, 1.165) is 25.3 Å². The molecule has 18 heavy (non-hydrogen) atoms. The zero-order valence-electron chi connectivity index (χ0n) is 11.4. The van der Waals surface area contributed by atoms with Crippen LogP contribution in [0.15, 0.2) is 24.3 Å². The van der Waals surface area contributed by atoms with Crippen LogP contribution in [0.2, 0.25) is 0 Å². The van der Waals surface area contributed by atoms with Gasteiger partial charge in [0.1, 0.15) is 5.75 Å². The molecule has 1 saturated heterocycles. The molecular formula is C15H24N2O. The van der Waals surface area contributed by atoms with E-state index in [4.69, 9.17) is 10.5 Å². The number of hydrogen-bond donors (Lipinski definition) is 1. The molecule has 1 aliphatic rings. The quantitative estimate of drug-likeness (QED) is 0.870. The summed E-state index contributed by atoms with van der Waals surface area (Å²) in [5.74, 6) is 0.940. The van der Waals surface area contributed by atoms with Gasteiger partial charge in [0.05, 0.1) is 6.61 Å². The second kappa shape index (κ2) is 6.21. The Bertz CT molecular complexity index is 361. The lowest BCUT2D eigenvalue weighted by atomic mass is 10.0. The highest BCUT2D eigenvalue weighted by Gasteiger charge is 2.31. The number of rotatable bonds is 5. The lowest BCUT2D eigenvalue weighted by molar-refractivity contribution is 0.248. The van der Waals surface area contributed by atoms with Gasteiger partial charge >= 0.3 is 0 Å². The van der Waals surface area contributed by atoms with E-state index in [0.29, 0.717) is 12.6 Å². The van der Waals surface area contributed by atoms with Crippen molar-refractivity contribution < 1.29 is 4.74 Å². The van der Waals surface area contributed by atoms with Gasteiger partial charge in [0.25, 0.3) is 0 Å². The van der Waals surface area contributed by atoms with Crippen molar-refractivity contribution >= 4 is 0 Å². The Labute approximate surface area is 110 Å². The molecule has 2 atom stereocenters. The van der Waals surface area contributed by atoms with Crippen LogP contribution in [0.1, 0.15) is 38.3 Å². The lowest BCUT2D eigenvalue weighted by Gasteiger charge is -2.26. The molecule has 0 bridgehead atoms. The Morgan fingerprint density at radius 1 is 1.28 bits per heavy atom. The minimum absolute atomic E-state index is 0.259. The van der Waals surface area contributed by atoms with Crippen LogP contribution in [-0.2, 0) is 0 Å². The third kappa shape index (κ3) is 2.85. The molecule has 3 nitrogen and oxygen atoms in total. The fraction of sp³-hybridized carbons (Fsp3) is 0.600. The summed E-state index contributed by atoms with van der Waals surface area (Å²) < 4.78 is 5.48. The van der Waals surface area contributed by atoms with Crippen LogP contribution < -0.4 is 10.5 Å². The summed E-state index contributed by atoms with van der Waals surface area (Å²) in [6.07, 6.45) is 2.28. The van der Waals surface area contributed by atoms with Gasteiger partial charge in [0.2, 0.25) is 0 Å². The Balaban J connectivity index is 2.12. The summed E-state index contributed by atoms with van der Waals surface area (Å²) in [7, 11) is 0. The number of nitrogens with two attached hydrogens (primary N) is 1. The minimum atomic E-state index is 0.259. The second-order valence-corrected chi connectivity index (χ2v) is 4.94. The van der Waals surface area contributed by atoms with Crippen molar-refractivity contribution in [1.29, 1.82) is 0 Å².